The summed E-state index contributed by atoms with van der Waals surface area (Å²) in [4.78, 5) is 37.9. The van der Waals surface area contributed by atoms with Gasteiger partial charge in [-0.1, -0.05) is 40.2 Å². The smallest absolute Gasteiger partial charge is 0.309 e. The number of benzene rings is 1. The van der Waals surface area contributed by atoms with Gasteiger partial charge >= 0.3 is 5.97 Å². The first-order valence-corrected chi connectivity index (χ1v) is 13.5. The van der Waals surface area contributed by atoms with E-state index in [1.54, 1.807) is 30.3 Å². The average molecular weight is 568 g/mol. The number of unbranched alkanes of at least 4 members (excludes halogenated alkanes) is 2. The van der Waals surface area contributed by atoms with Crippen molar-refractivity contribution in [1.29, 1.82) is 0 Å². The number of esters is 1. The van der Waals surface area contributed by atoms with E-state index < -0.39 is 29.1 Å². The molecule has 35 heavy (non-hydrogen) atoms. The Morgan fingerprint density at radius 1 is 1.14 bits per heavy atom. The fourth-order valence-electron chi connectivity index (χ4n) is 4.03. The Labute approximate surface area is 216 Å². The fraction of sp³-hybridized carbons (Fsp3) is 0.480. The maximum atomic E-state index is 12.7. The van der Waals surface area contributed by atoms with Gasteiger partial charge in [0.25, 0.3) is 0 Å². The molecule has 8 nitrogen and oxygen atoms in total. The summed E-state index contributed by atoms with van der Waals surface area (Å²) in [7, 11) is 1.41. The third kappa shape index (κ3) is 8.12. The number of likely N-dealkylation sites (tertiary alicyclic amines) is 1. The van der Waals surface area contributed by atoms with Gasteiger partial charge in [-0.05, 0) is 55.9 Å². The lowest BCUT2D eigenvalue weighted by molar-refractivity contribution is -0.142. The number of carbonyl (C=O) groups excluding carboxylic acids is 3. The number of halogens is 1. The first kappa shape index (κ1) is 27.3. The molecule has 1 aliphatic carbocycles. The molecule has 1 heterocycles. The zero-order valence-corrected chi connectivity index (χ0v) is 22.0. The number of allylic oxidation sites excluding steroid dienone is 3. The molecule has 10 heteroatoms. The molecule has 2 fully saturated rings. The van der Waals surface area contributed by atoms with Gasteiger partial charge in [0.1, 0.15) is 6.04 Å². The molecule has 1 saturated heterocycles. The van der Waals surface area contributed by atoms with Gasteiger partial charge in [0.2, 0.25) is 11.8 Å². The van der Waals surface area contributed by atoms with Gasteiger partial charge in [-0.15, -0.1) is 0 Å². The van der Waals surface area contributed by atoms with Crippen LogP contribution in [0.15, 0.2) is 57.9 Å². The standard InChI is InChI=1S/C25H31BrN2O6S/c1-33-25(31)21-14-17(21)8-6-4-2-3-5-7-9-23(29)28-16-19(15-22(28)24(27)30)34-35(32)20-12-10-18(26)11-13-20/h5-8,10-13,17,19,21-22H,2-4,9,14-16H2,1H3,(H2,27,30)/b7-5+,8-6-. The van der Waals surface area contributed by atoms with Crippen molar-refractivity contribution >= 4 is 44.8 Å². The first-order valence-electron chi connectivity index (χ1n) is 11.6. The largest absolute Gasteiger partial charge is 0.469 e. The molecule has 0 aromatic heterocycles. The van der Waals surface area contributed by atoms with Crippen molar-refractivity contribution < 1.29 is 27.5 Å². The van der Waals surface area contributed by atoms with Crippen LogP contribution in [0.2, 0.25) is 0 Å². The van der Waals surface area contributed by atoms with Crippen LogP contribution in [0.1, 0.15) is 38.5 Å². The zero-order chi connectivity index (χ0) is 25.4. The van der Waals surface area contributed by atoms with Crippen molar-refractivity contribution in [2.24, 2.45) is 17.6 Å². The molecule has 2 N–H and O–H groups in total. The van der Waals surface area contributed by atoms with E-state index >= 15 is 0 Å². The number of rotatable bonds is 12. The van der Waals surface area contributed by atoms with Crippen LogP contribution in [0.3, 0.4) is 0 Å². The van der Waals surface area contributed by atoms with Crippen molar-refractivity contribution in [3.8, 4) is 0 Å². The summed E-state index contributed by atoms with van der Waals surface area (Å²) < 4.78 is 23.7. The average Bonchev–Trinajstić information content (AvgIpc) is 3.49. The molecule has 3 rings (SSSR count). The van der Waals surface area contributed by atoms with Crippen LogP contribution in [-0.2, 0) is 34.4 Å². The summed E-state index contributed by atoms with van der Waals surface area (Å²) in [6, 6.07) is 6.14. The molecule has 0 bridgehead atoms. The third-order valence-electron chi connectivity index (χ3n) is 6.07. The molecular weight excluding hydrogens is 536 g/mol. The zero-order valence-electron chi connectivity index (χ0n) is 19.6. The van der Waals surface area contributed by atoms with E-state index in [1.165, 1.54) is 12.0 Å². The topological polar surface area (TPSA) is 116 Å². The fourth-order valence-corrected chi connectivity index (χ4v) is 5.15. The molecule has 0 spiro atoms. The summed E-state index contributed by atoms with van der Waals surface area (Å²) in [5, 5.41) is 0. The van der Waals surface area contributed by atoms with Gasteiger partial charge in [-0.2, -0.15) is 0 Å². The van der Waals surface area contributed by atoms with Gasteiger partial charge in [-0.25, -0.2) is 4.21 Å². The van der Waals surface area contributed by atoms with E-state index in [4.69, 9.17) is 14.7 Å². The van der Waals surface area contributed by atoms with Crippen molar-refractivity contribution in [3.63, 3.8) is 0 Å². The highest BCUT2D eigenvalue weighted by Crippen LogP contribution is 2.40. The molecule has 1 saturated carbocycles. The quantitative estimate of drug-likeness (QED) is 0.235. The third-order valence-corrected chi connectivity index (χ3v) is 7.70. The Balaban J connectivity index is 1.39. The monoisotopic (exact) mass is 566 g/mol. The molecule has 190 valence electrons. The van der Waals surface area contributed by atoms with Crippen LogP contribution in [0, 0.1) is 11.8 Å². The molecule has 2 aliphatic rings. The van der Waals surface area contributed by atoms with Crippen molar-refractivity contribution in [2.45, 2.75) is 55.6 Å². The van der Waals surface area contributed by atoms with E-state index in [2.05, 4.69) is 28.1 Å². The predicted molar refractivity (Wildman–Crippen MR) is 135 cm³/mol. The second kappa shape index (κ2) is 13.1. The van der Waals surface area contributed by atoms with Crippen molar-refractivity contribution in [3.05, 3.63) is 53.0 Å². The number of methoxy groups -OCH3 is 1. The Morgan fingerprint density at radius 3 is 2.54 bits per heavy atom. The van der Waals surface area contributed by atoms with Gasteiger partial charge in [0.15, 0.2) is 11.1 Å². The Hall–Kier alpha value is -2.30. The summed E-state index contributed by atoms with van der Waals surface area (Å²) in [6.07, 6.45) is 11.3. The second-order valence-corrected chi connectivity index (χ2v) is 10.7. The van der Waals surface area contributed by atoms with Gasteiger partial charge in [-0.3, -0.25) is 18.6 Å². The maximum absolute atomic E-state index is 12.7. The van der Waals surface area contributed by atoms with Crippen LogP contribution >= 0.6 is 15.9 Å². The lowest BCUT2D eigenvalue weighted by Gasteiger charge is -2.21. The number of nitrogens with two attached hydrogens (primary N) is 1. The molecule has 2 amide bonds. The molecular formula is C25H31BrN2O6S. The van der Waals surface area contributed by atoms with Crippen molar-refractivity contribution in [1.82, 2.24) is 4.90 Å². The lowest BCUT2D eigenvalue weighted by atomic mass is 10.1. The van der Waals surface area contributed by atoms with E-state index in [0.717, 1.165) is 30.2 Å². The Bertz CT molecular complexity index is 996. The molecule has 5 atom stereocenters. The maximum Gasteiger partial charge on any atom is 0.309 e. The van der Waals surface area contributed by atoms with E-state index in [1.807, 2.05) is 6.08 Å². The number of nitrogens with zero attached hydrogens (tertiary/aromatic N) is 1. The minimum absolute atomic E-state index is 0.0164. The number of carbonyl (C=O) groups is 3. The summed E-state index contributed by atoms with van der Waals surface area (Å²) in [6.45, 7) is 0.168. The van der Waals surface area contributed by atoms with Gasteiger partial charge < -0.3 is 15.4 Å². The first-order chi connectivity index (χ1) is 16.8. The van der Waals surface area contributed by atoms with Crippen LogP contribution in [-0.4, -0.2) is 52.7 Å². The molecule has 0 radical (unpaired) electrons. The molecule has 1 aliphatic heterocycles. The van der Waals surface area contributed by atoms with E-state index in [-0.39, 0.29) is 37.2 Å². The number of hydrogen-bond acceptors (Lipinski definition) is 6. The predicted octanol–water partition coefficient (Wildman–Crippen LogP) is 3.43. The van der Waals surface area contributed by atoms with Crippen LogP contribution in [0.5, 0.6) is 0 Å². The second-order valence-electron chi connectivity index (χ2n) is 8.67. The Morgan fingerprint density at radius 2 is 1.86 bits per heavy atom. The summed E-state index contributed by atoms with van der Waals surface area (Å²) in [5.41, 5.74) is 5.51. The highest BCUT2D eigenvalue weighted by Gasteiger charge is 2.42. The van der Waals surface area contributed by atoms with E-state index in [0.29, 0.717) is 10.8 Å². The number of hydrogen-bond donors (Lipinski definition) is 1. The summed E-state index contributed by atoms with van der Waals surface area (Å²) >= 11 is 1.62. The number of amides is 2. The molecule has 1 aromatic carbocycles. The SMILES string of the molecule is COC(=O)C1CC1/C=C\CCC/C=C/CC(=O)N1CC(OS(=O)c2ccc(Br)cc2)CC1C(N)=O. The number of primary amides is 1. The normalized spacial score (nSPS) is 24.7. The van der Waals surface area contributed by atoms with Gasteiger partial charge in [0, 0.05) is 23.9 Å². The van der Waals surface area contributed by atoms with Crippen LogP contribution in [0.25, 0.3) is 0 Å². The minimum Gasteiger partial charge on any atom is -0.469 e. The van der Waals surface area contributed by atoms with Crippen LogP contribution in [0.4, 0.5) is 0 Å². The minimum atomic E-state index is -1.71. The highest BCUT2D eigenvalue weighted by atomic mass is 79.9. The van der Waals surface area contributed by atoms with Crippen molar-refractivity contribution in [2.75, 3.05) is 13.7 Å². The molecule has 5 unspecified atom stereocenters. The van der Waals surface area contributed by atoms with Crippen LogP contribution < -0.4 is 5.73 Å². The number of ether oxygens (including phenoxy) is 1. The molecule has 1 aromatic rings. The lowest BCUT2D eigenvalue weighted by Crippen LogP contribution is -2.43. The highest BCUT2D eigenvalue weighted by molar-refractivity contribution is 9.10. The van der Waals surface area contributed by atoms with E-state index in [9.17, 15) is 18.6 Å². The Kier molecular flexibility index (Phi) is 10.2. The van der Waals surface area contributed by atoms with Gasteiger partial charge in [0.05, 0.1) is 24.0 Å². The summed E-state index contributed by atoms with van der Waals surface area (Å²) in [5.74, 6) is -0.635.